The third-order valence-electron chi connectivity index (χ3n) is 3.56. The Morgan fingerprint density at radius 2 is 1.82 bits per heavy atom. The number of aromatic nitrogens is 2. The molecule has 2 N–H and O–H groups in total. The van der Waals surface area contributed by atoms with E-state index in [0.29, 0.717) is 13.0 Å². The van der Waals surface area contributed by atoms with Crippen LogP contribution in [0.3, 0.4) is 0 Å². The van der Waals surface area contributed by atoms with Gasteiger partial charge in [-0.3, -0.25) is 4.79 Å². The summed E-state index contributed by atoms with van der Waals surface area (Å²) in [6, 6.07) is 17.8. The quantitative estimate of drug-likeness (QED) is 0.687. The number of nitrogens with one attached hydrogen (secondary N) is 2. The molecule has 3 rings (SSSR count). The van der Waals surface area contributed by atoms with Gasteiger partial charge in [-0.1, -0.05) is 42.5 Å². The third-order valence-corrected chi connectivity index (χ3v) is 3.56. The van der Waals surface area contributed by atoms with Crippen molar-refractivity contribution in [3.8, 4) is 0 Å². The van der Waals surface area contributed by atoms with Gasteiger partial charge in [-0.2, -0.15) is 0 Å². The Hall–Kier alpha value is -2.62. The molecule has 0 aliphatic carbocycles. The number of amides is 1. The first kappa shape index (κ1) is 14.3. The number of hydrogen-bond acceptors (Lipinski definition) is 2. The van der Waals surface area contributed by atoms with Crippen molar-refractivity contribution < 1.29 is 4.79 Å². The van der Waals surface area contributed by atoms with Crippen LogP contribution in [0, 0.1) is 0 Å². The van der Waals surface area contributed by atoms with Crippen LogP contribution in [-0.4, -0.2) is 22.4 Å². The van der Waals surface area contributed by atoms with E-state index >= 15 is 0 Å². The normalized spacial score (nSPS) is 10.7. The number of H-pyrrole nitrogens is 1. The first-order chi connectivity index (χ1) is 10.8. The lowest BCUT2D eigenvalue weighted by Crippen LogP contribution is -2.26. The van der Waals surface area contributed by atoms with Gasteiger partial charge in [0.2, 0.25) is 5.91 Å². The fourth-order valence-corrected chi connectivity index (χ4v) is 2.45. The predicted octanol–water partition coefficient (Wildman–Crippen LogP) is 2.85. The largest absolute Gasteiger partial charge is 0.356 e. The zero-order valence-electron chi connectivity index (χ0n) is 12.4. The number of para-hydroxylation sites is 2. The molecular weight excluding hydrogens is 274 g/mol. The molecule has 0 aliphatic rings. The second-order valence-electron chi connectivity index (χ2n) is 5.32. The SMILES string of the molecule is O=C(Cc1ccccc1)NCCCc1nc2ccccc2[nH]1. The highest BCUT2D eigenvalue weighted by molar-refractivity contribution is 5.78. The van der Waals surface area contributed by atoms with Gasteiger partial charge < -0.3 is 10.3 Å². The molecule has 0 fully saturated rings. The summed E-state index contributed by atoms with van der Waals surface area (Å²) in [5, 5.41) is 2.95. The number of aromatic amines is 1. The van der Waals surface area contributed by atoms with E-state index in [1.54, 1.807) is 0 Å². The Kier molecular flexibility index (Phi) is 4.49. The van der Waals surface area contributed by atoms with Crippen LogP contribution in [0.1, 0.15) is 17.8 Å². The summed E-state index contributed by atoms with van der Waals surface area (Å²) in [7, 11) is 0. The van der Waals surface area contributed by atoms with Crippen molar-refractivity contribution >= 4 is 16.9 Å². The lowest BCUT2D eigenvalue weighted by atomic mass is 10.1. The van der Waals surface area contributed by atoms with E-state index in [9.17, 15) is 4.79 Å². The summed E-state index contributed by atoms with van der Waals surface area (Å²) in [5.74, 6) is 1.04. The van der Waals surface area contributed by atoms with Crippen LogP contribution < -0.4 is 5.32 Å². The number of fused-ring (bicyclic) bond motifs is 1. The number of carbonyl (C=O) groups excluding carboxylic acids is 1. The maximum atomic E-state index is 11.8. The van der Waals surface area contributed by atoms with Crippen molar-refractivity contribution in [2.24, 2.45) is 0 Å². The maximum Gasteiger partial charge on any atom is 0.224 e. The first-order valence-corrected chi connectivity index (χ1v) is 7.55. The zero-order chi connectivity index (χ0) is 15.2. The van der Waals surface area contributed by atoms with Crippen molar-refractivity contribution in [3.05, 3.63) is 66.0 Å². The fraction of sp³-hybridized carbons (Fsp3) is 0.222. The van der Waals surface area contributed by atoms with Gasteiger partial charge in [0.1, 0.15) is 5.82 Å². The van der Waals surface area contributed by atoms with Crippen molar-refractivity contribution in [2.45, 2.75) is 19.3 Å². The molecule has 0 bridgehead atoms. The molecule has 3 aromatic rings. The molecule has 1 heterocycles. The number of rotatable bonds is 6. The van der Waals surface area contributed by atoms with Gasteiger partial charge in [0.25, 0.3) is 0 Å². The summed E-state index contributed by atoms with van der Waals surface area (Å²) in [4.78, 5) is 19.7. The number of hydrogen-bond donors (Lipinski definition) is 2. The van der Waals surface area contributed by atoms with Crippen molar-refractivity contribution in [1.29, 1.82) is 0 Å². The third kappa shape index (κ3) is 3.73. The maximum absolute atomic E-state index is 11.8. The van der Waals surface area contributed by atoms with Crippen molar-refractivity contribution in [1.82, 2.24) is 15.3 Å². The summed E-state index contributed by atoms with van der Waals surface area (Å²) in [6.07, 6.45) is 2.14. The van der Waals surface area contributed by atoms with E-state index < -0.39 is 0 Å². The molecule has 0 aliphatic heterocycles. The van der Waals surface area contributed by atoms with Crippen LogP contribution in [0.5, 0.6) is 0 Å². The molecule has 0 saturated heterocycles. The van der Waals surface area contributed by atoms with Crippen LogP contribution in [0.25, 0.3) is 11.0 Å². The smallest absolute Gasteiger partial charge is 0.224 e. The van der Waals surface area contributed by atoms with Crippen LogP contribution >= 0.6 is 0 Å². The highest BCUT2D eigenvalue weighted by Crippen LogP contribution is 2.11. The first-order valence-electron chi connectivity index (χ1n) is 7.55. The second-order valence-corrected chi connectivity index (χ2v) is 5.32. The van der Waals surface area contributed by atoms with Gasteiger partial charge in [-0.25, -0.2) is 4.98 Å². The molecule has 2 aromatic carbocycles. The van der Waals surface area contributed by atoms with E-state index in [4.69, 9.17) is 0 Å². The van der Waals surface area contributed by atoms with Gasteiger partial charge in [-0.05, 0) is 24.1 Å². The fourth-order valence-electron chi connectivity index (χ4n) is 2.45. The Bertz CT molecular complexity index is 716. The van der Waals surface area contributed by atoms with Crippen LogP contribution in [0.2, 0.25) is 0 Å². The zero-order valence-corrected chi connectivity index (χ0v) is 12.4. The molecule has 1 aromatic heterocycles. The minimum absolute atomic E-state index is 0.0656. The monoisotopic (exact) mass is 293 g/mol. The van der Waals surface area contributed by atoms with Gasteiger partial charge in [-0.15, -0.1) is 0 Å². The molecule has 0 radical (unpaired) electrons. The molecular formula is C18H19N3O. The summed E-state index contributed by atoms with van der Waals surface area (Å²) >= 11 is 0. The average Bonchev–Trinajstić information content (AvgIpc) is 2.95. The van der Waals surface area contributed by atoms with Gasteiger partial charge in [0.05, 0.1) is 17.5 Å². The van der Waals surface area contributed by atoms with E-state index in [1.165, 1.54) is 0 Å². The Morgan fingerprint density at radius 1 is 1.05 bits per heavy atom. The molecule has 0 spiro atoms. The topological polar surface area (TPSA) is 57.8 Å². The number of nitrogens with zero attached hydrogens (tertiary/aromatic N) is 1. The van der Waals surface area contributed by atoms with E-state index in [-0.39, 0.29) is 5.91 Å². The highest BCUT2D eigenvalue weighted by atomic mass is 16.1. The summed E-state index contributed by atoms with van der Waals surface area (Å²) < 4.78 is 0. The van der Waals surface area contributed by atoms with Crippen molar-refractivity contribution in [3.63, 3.8) is 0 Å². The Balaban J connectivity index is 1.42. The molecule has 1 amide bonds. The van der Waals surface area contributed by atoms with E-state index in [1.807, 2.05) is 54.6 Å². The predicted molar refractivity (Wildman–Crippen MR) is 87.6 cm³/mol. The minimum atomic E-state index is 0.0656. The molecule has 0 unspecified atom stereocenters. The second kappa shape index (κ2) is 6.89. The van der Waals surface area contributed by atoms with Crippen LogP contribution in [-0.2, 0) is 17.6 Å². The van der Waals surface area contributed by atoms with Gasteiger partial charge >= 0.3 is 0 Å². The minimum Gasteiger partial charge on any atom is -0.356 e. The molecule has 112 valence electrons. The standard InChI is InChI=1S/C18H19N3O/c22-18(13-14-7-2-1-3-8-14)19-12-6-11-17-20-15-9-4-5-10-16(15)21-17/h1-5,7-10H,6,11-13H2,(H,19,22)(H,20,21). The molecule has 0 saturated carbocycles. The number of aryl methyl sites for hydroxylation is 1. The molecule has 4 nitrogen and oxygen atoms in total. The number of imidazole rings is 1. The highest BCUT2D eigenvalue weighted by Gasteiger charge is 2.04. The Morgan fingerprint density at radius 3 is 2.64 bits per heavy atom. The van der Waals surface area contributed by atoms with Crippen molar-refractivity contribution in [2.75, 3.05) is 6.54 Å². The van der Waals surface area contributed by atoms with E-state index in [0.717, 1.165) is 35.3 Å². The number of carbonyl (C=O) groups is 1. The molecule has 22 heavy (non-hydrogen) atoms. The molecule has 4 heteroatoms. The van der Waals surface area contributed by atoms with Crippen LogP contribution in [0.4, 0.5) is 0 Å². The van der Waals surface area contributed by atoms with Crippen LogP contribution in [0.15, 0.2) is 54.6 Å². The Labute approximate surface area is 129 Å². The average molecular weight is 293 g/mol. The lowest BCUT2D eigenvalue weighted by Gasteiger charge is -2.04. The van der Waals surface area contributed by atoms with E-state index in [2.05, 4.69) is 15.3 Å². The summed E-state index contributed by atoms with van der Waals surface area (Å²) in [6.45, 7) is 0.669. The van der Waals surface area contributed by atoms with Gasteiger partial charge in [0.15, 0.2) is 0 Å². The number of benzene rings is 2. The van der Waals surface area contributed by atoms with Gasteiger partial charge in [0, 0.05) is 13.0 Å². The molecule has 0 atom stereocenters. The lowest BCUT2D eigenvalue weighted by molar-refractivity contribution is -0.120. The summed E-state index contributed by atoms with van der Waals surface area (Å²) in [5.41, 5.74) is 3.09.